The Kier molecular flexibility index (Phi) is 6.96. The first-order valence-electron chi connectivity index (χ1n) is 10.6. The Hall–Kier alpha value is -3.04. The Bertz CT molecular complexity index is 1250. The van der Waals surface area contributed by atoms with Gasteiger partial charge in [0.2, 0.25) is 5.78 Å². The molecule has 0 saturated carbocycles. The van der Waals surface area contributed by atoms with Gasteiger partial charge in [-0.05, 0) is 42.8 Å². The number of thioether (sulfide) groups is 1. The summed E-state index contributed by atoms with van der Waals surface area (Å²) in [6, 6.07) is 14.7. The first-order chi connectivity index (χ1) is 15.6. The molecule has 32 heavy (non-hydrogen) atoms. The lowest BCUT2D eigenvalue weighted by atomic mass is 10.2. The number of nitrogens with zero attached hydrogens (tertiary/aromatic N) is 4. The van der Waals surface area contributed by atoms with E-state index in [2.05, 4.69) is 17.1 Å². The summed E-state index contributed by atoms with van der Waals surface area (Å²) in [7, 11) is 1.61. The van der Waals surface area contributed by atoms with Crippen molar-refractivity contribution in [3.05, 3.63) is 58.9 Å². The quantitative estimate of drug-likeness (QED) is 0.367. The van der Waals surface area contributed by atoms with E-state index in [1.54, 1.807) is 23.8 Å². The Balaban J connectivity index is 1.53. The Morgan fingerprint density at radius 1 is 1.09 bits per heavy atom. The zero-order chi connectivity index (χ0) is 22.5. The van der Waals surface area contributed by atoms with Crippen LogP contribution in [-0.4, -0.2) is 49.8 Å². The highest BCUT2D eigenvalue weighted by Crippen LogP contribution is 2.23. The maximum absolute atomic E-state index is 13.0. The van der Waals surface area contributed by atoms with Crippen LogP contribution in [0.15, 0.2) is 58.5 Å². The molecule has 0 amide bonds. The van der Waals surface area contributed by atoms with Gasteiger partial charge in [-0.15, -0.1) is 10.2 Å². The van der Waals surface area contributed by atoms with Crippen molar-refractivity contribution in [2.45, 2.75) is 37.6 Å². The number of hydrogen-bond donors (Lipinski definition) is 1. The number of aryl methyl sites for hydroxylation is 1. The fourth-order valence-electron chi connectivity index (χ4n) is 3.43. The smallest absolute Gasteiger partial charge is 0.262 e. The van der Waals surface area contributed by atoms with Gasteiger partial charge in [0.05, 0.1) is 24.1 Å². The number of fused-ring (bicyclic) bond motifs is 3. The molecule has 0 aliphatic heterocycles. The molecule has 1 unspecified atom stereocenters. The van der Waals surface area contributed by atoms with Gasteiger partial charge in [0, 0.05) is 12.3 Å². The Morgan fingerprint density at radius 2 is 1.84 bits per heavy atom. The van der Waals surface area contributed by atoms with Crippen molar-refractivity contribution in [1.29, 1.82) is 0 Å². The molecule has 0 saturated heterocycles. The van der Waals surface area contributed by atoms with Crippen LogP contribution in [0.4, 0.5) is 0 Å². The van der Waals surface area contributed by atoms with E-state index >= 15 is 0 Å². The van der Waals surface area contributed by atoms with E-state index in [-0.39, 0.29) is 12.2 Å². The number of para-hydroxylation sites is 1. The van der Waals surface area contributed by atoms with Gasteiger partial charge in [0.1, 0.15) is 18.1 Å². The van der Waals surface area contributed by atoms with Gasteiger partial charge >= 0.3 is 0 Å². The summed E-state index contributed by atoms with van der Waals surface area (Å²) < 4.78 is 14.4. The van der Waals surface area contributed by atoms with Crippen molar-refractivity contribution < 1.29 is 14.6 Å². The second kappa shape index (κ2) is 10.1. The van der Waals surface area contributed by atoms with Gasteiger partial charge in [-0.3, -0.25) is 13.8 Å². The van der Waals surface area contributed by atoms with E-state index in [9.17, 15) is 9.90 Å². The van der Waals surface area contributed by atoms with Crippen molar-refractivity contribution in [2.75, 3.05) is 19.5 Å². The summed E-state index contributed by atoms with van der Waals surface area (Å²) in [5.41, 5.74) is 0.704. The molecule has 168 valence electrons. The minimum atomic E-state index is -0.702. The zero-order valence-electron chi connectivity index (χ0n) is 18.1. The molecule has 4 aromatic rings. The standard InChI is InChI=1S/C23H26N4O4S/c1-3-4-13-26-21(29)19-7-5-6-8-20(19)27-22(26)24-25-23(27)32-15-16(28)14-31-18-11-9-17(30-2)10-12-18/h5-12,16,28H,3-4,13-15H2,1-2H3. The topological polar surface area (TPSA) is 90.9 Å². The molecule has 0 bridgehead atoms. The Morgan fingerprint density at radius 3 is 2.59 bits per heavy atom. The van der Waals surface area contributed by atoms with Crippen molar-refractivity contribution in [3.63, 3.8) is 0 Å². The molecule has 1 atom stereocenters. The maximum Gasteiger partial charge on any atom is 0.262 e. The number of rotatable bonds is 10. The highest BCUT2D eigenvalue weighted by molar-refractivity contribution is 7.99. The van der Waals surface area contributed by atoms with Crippen LogP contribution in [0.3, 0.4) is 0 Å². The highest BCUT2D eigenvalue weighted by Gasteiger charge is 2.17. The lowest BCUT2D eigenvalue weighted by molar-refractivity contribution is 0.126. The molecule has 9 heteroatoms. The molecule has 2 heterocycles. The summed E-state index contributed by atoms with van der Waals surface area (Å²) in [5.74, 6) is 2.30. The van der Waals surface area contributed by atoms with Crippen LogP contribution in [-0.2, 0) is 6.54 Å². The first-order valence-corrected chi connectivity index (χ1v) is 11.5. The highest BCUT2D eigenvalue weighted by atomic mass is 32.2. The van der Waals surface area contributed by atoms with Crippen LogP contribution >= 0.6 is 11.8 Å². The largest absolute Gasteiger partial charge is 0.497 e. The molecule has 8 nitrogen and oxygen atoms in total. The average Bonchev–Trinajstić information content (AvgIpc) is 3.25. The molecule has 0 aliphatic rings. The number of methoxy groups -OCH3 is 1. The van der Waals surface area contributed by atoms with Gasteiger partial charge in [0.15, 0.2) is 5.16 Å². The predicted molar refractivity (Wildman–Crippen MR) is 125 cm³/mol. The van der Waals surface area contributed by atoms with E-state index < -0.39 is 6.10 Å². The average molecular weight is 455 g/mol. The molecular weight excluding hydrogens is 428 g/mol. The van der Waals surface area contributed by atoms with Crippen LogP contribution < -0.4 is 15.0 Å². The normalized spacial score (nSPS) is 12.3. The number of hydrogen-bond acceptors (Lipinski definition) is 7. The van der Waals surface area contributed by atoms with Crippen molar-refractivity contribution >= 4 is 28.4 Å². The fourth-order valence-corrected chi connectivity index (χ4v) is 4.27. The third-order valence-corrected chi connectivity index (χ3v) is 6.19. The van der Waals surface area contributed by atoms with Gasteiger partial charge in [-0.25, -0.2) is 0 Å². The van der Waals surface area contributed by atoms with Crippen molar-refractivity contribution in [3.8, 4) is 11.5 Å². The van der Waals surface area contributed by atoms with Gasteiger partial charge in [-0.1, -0.05) is 37.2 Å². The fraction of sp³-hybridized carbons (Fsp3) is 0.348. The molecule has 0 spiro atoms. The van der Waals surface area contributed by atoms with Crippen LogP contribution in [0.5, 0.6) is 11.5 Å². The molecule has 0 fully saturated rings. The van der Waals surface area contributed by atoms with Crippen molar-refractivity contribution in [2.24, 2.45) is 0 Å². The molecule has 2 aromatic heterocycles. The minimum Gasteiger partial charge on any atom is -0.497 e. The van der Waals surface area contributed by atoms with Gasteiger partial charge in [-0.2, -0.15) is 0 Å². The lowest BCUT2D eigenvalue weighted by Crippen LogP contribution is -2.23. The number of aromatic nitrogens is 4. The van der Waals surface area contributed by atoms with E-state index in [0.717, 1.165) is 24.1 Å². The monoisotopic (exact) mass is 454 g/mol. The summed E-state index contributed by atoms with van der Waals surface area (Å²) in [4.78, 5) is 13.0. The number of aliphatic hydroxyl groups excluding tert-OH is 1. The molecular formula is C23H26N4O4S. The third kappa shape index (κ3) is 4.58. The predicted octanol–water partition coefficient (Wildman–Crippen LogP) is 3.38. The maximum atomic E-state index is 13.0. The van der Waals surface area contributed by atoms with Crippen LogP contribution in [0, 0.1) is 0 Å². The number of unbranched alkanes of at least 4 members (excludes halogenated alkanes) is 1. The SMILES string of the molecule is CCCCn1c(=O)c2ccccc2n2c(SCC(O)COc3ccc(OC)cc3)nnc12. The summed E-state index contributed by atoms with van der Waals surface area (Å²) in [6.45, 7) is 2.83. The number of ether oxygens (including phenoxy) is 2. The molecule has 1 N–H and O–H groups in total. The molecule has 2 aromatic carbocycles. The summed E-state index contributed by atoms with van der Waals surface area (Å²) in [5, 5.41) is 20.3. The van der Waals surface area contributed by atoms with Gasteiger partial charge in [0.25, 0.3) is 5.56 Å². The van der Waals surface area contributed by atoms with Crippen LogP contribution in [0.25, 0.3) is 16.7 Å². The minimum absolute atomic E-state index is 0.0570. The van der Waals surface area contributed by atoms with Crippen molar-refractivity contribution in [1.82, 2.24) is 19.2 Å². The zero-order valence-corrected chi connectivity index (χ0v) is 18.9. The van der Waals surface area contributed by atoms with E-state index in [4.69, 9.17) is 9.47 Å². The summed E-state index contributed by atoms with van der Waals surface area (Å²) >= 11 is 1.38. The van der Waals surface area contributed by atoms with Crippen LogP contribution in [0.1, 0.15) is 19.8 Å². The lowest BCUT2D eigenvalue weighted by Gasteiger charge is -2.13. The molecule has 0 aliphatic carbocycles. The van der Waals surface area contributed by atoms with Gasteiger partial charge < -0.3 is 14.6 Å². The molecule has 4 rings (SSSR count). The van der Waals surface area contributed by atoms with E-state index in [1.165, 1.54) is 11.8 Å². The number of benzene rings is 2. The first kappa shape index (κ1) is 22.2. The second-order valence-electron chi connectivity index (χ2n) is 7.40. The molecule has 0 radical (unpaired) electrons. The van der Waals surface area contributed by atoms with E-state index in [1.807, 2.05) is 40.8 Å². The van der Waals surface area contributed by atoms with Crippen LogP contribution in [0.2, 0.25) is 0 Å². The summed E-state index contributed by atoms with van der Waals surface area (Å²) in [6.07, 6.45) is 1.15. The second-order valence-corrected chi connectivity index (χ2v) is 8.38. The van der Waals surface area contributed by atoms with E-state index in [0.29, 0.717) is 34.4 Å². The third-order valence-electron chi connectivity index (χ3n) is 5.12. The number of aliphatic hydroxyl groups is 1. The Labute approximate surface area is 189 Å².